The average Bonchev–Trinajstić information content (AvgIpc) is 3.30. The molecule has 9 heteroatoms. The van der Waals surface area contributed by atoms with Crippen LogP contribution >= 0.6 is 0 Å². The normalized spacial score (nSPS) is 15.2. The van der Waals surface area contributed by atoms with Gasteiger partial charge in [0.1, 0.15) is 12.1 Å². The first kappa shape index (κ1) is 18.4. The summed E-state index contributed by atoms with van der Waals surface area (Å²) < 4.78 is 12.5. The van der Waals surface area contributed by atoms with Crippen LogP contribution in [0, 0.1) is 19.8 Å². The van der Waals surface area contributed by atoms with Crippen LogP contribution in [0.3, 0.4) is 0 Å². The molecule has 0 aliphatic carbocycles. The largest absolute Gasteiger partial charge is 0.454 e. The molecule has 4 heterocycles. The van der Waals surface area contributed by atoms with E-state index in [-0.39, 0.29) is 18.6 Å². The van der Waals surface area contributed by atoms with Crippen LogP contribution in [0.25, 0.3) is 5.82 Å². The van der Waals surface area contributed by atoms with Crippen molar-refractivity contribution in [2.45, 2.75) is 20.4 Å². The van der Waals surface area contributed by atoms with Crippen molar-refractivity contribution in [1.29, 1.82) is 0 Å². The Kier molecular flexibility index (Phi) is 4.50. The van der Waals surface area contributed by atoms with Crippen LogP contribution in [0.5, 0.6) is 11.5 Å². The number of nitrogens with one attached hydrogen (secondary N) is 1. The Labute approximate surface area is 173 Å². The average molecular weight is 406 g/mol. The zero-order chi connectivity index (χ0) is 20.7. The fourth-order valence-corrected chi connectivity index (χ4v) is 3.70. The van der Waals surface area contributed by atoms with Gasteiger partial charge < -0.3 is 19.7 Å². The van der Waals surface area contributed by atoms with Crippen LogP contribution in [0.15, 0.2) is 36.7 Å². The molecule has 1 aromatic carbocycles. The van der Waals surface area contributed by atoms with Crippen molar-refractivity contribution in [3.8, 4) is 17.3 Å². The van der Waals surface area contributed by atoms with Gasteiger partial charge in [-0.15, -0.1) is 0 Å². The number of carbonyl (C=O) groups is 1. The number of anilines is 1. The highest BCUT2D eigenvalue weighted by Crippen LogP contribution is 2.32. The van der Waals surface area contributed by atoms with E-state index in [2.05, 4.69) is 25.3 Å². The third-order valence-corrected chi connectivity index (χ3v) is 5.34. The Balaban J connectivity index is 1.18. The van der Waals surface area contributed by atoms with Crippen LogP contribution < -0.4 is 19.7 Å². The fourth-order valence-electron chi connectivity index (χ4n) is 3.70. The Hall–Kier alpha value is -3.62. The van der Waals surface area contributed by atoms with E-state index < -0.39 is 0 Å². The third-order valence-electron chi connectivity index (χ3n) is 5.34. The van der Waals surface area contributed by atoms with E-state index in [1.54, 1.807) is 4.68 Å². The van der Waals surface area contributed by atoms with Gasteiger partial charge in [0.15, 0.2) is 17.3 Å². The number of amides is 1. The summed E-state index contributed by atoms with van der Waals surface area (Å²) in [5, 5.41) is 7.47. The predicted octanol–water partition coefficient (Wildman–Crippen LogP) is 1.76. The van der Waals surface area contributed by atoms with Crippen LogP contribution in [-0.4, -0.2) is 45.5 Å². The smallest absolute Gasteiger partial charge is 0.231 e. The number of rotatable bonds is 5. The molecule has 30 heavy (non-hydrogen) atoms. The molecule has 1 fully saturated rings. The summed E-state index contributed by atoms with van der Waals surface area (Å²) in [5.41, 5.74) is 2.94. The molecule has 3 aromatic rings. The second-order valence-electron chi connectivity index (χ2n) is 7.58. The van der Waals surface area contributed by atoms with Gasteiger partial charge in [0.25, 0.3) is 0 Å². The molecule has 1 N–H and O–H groups in total. The number of aromatic nitrogens is 4. The molecule has 0 atom stereocenters. The van der Waals surface area contributed by atoms with E-state index in [0.717, 1.165) is 40.1 Å². The van der Waals surface area contributed by atoms with E-state index in [4.69, 9.17) is 9.47 Å². The van der Waals surface area contributed by atoms with Crippen LogP contribution in [0.2, 0.25) is 0 Å². The first-order valence-corrected chi connectivity index (χ1v) is 9.84. The van der Waals surface area contributed by atoms with Gasteiger partial charge in [0, 0.05) is 31.4 Å². The highest BCUT2D eigenvalue weighted by molar-refractivity contribution is 5.81. The molecule has 1 amide bonds. The maximum Gasteiger partial charge on any atom is 0.231 e. The molecule has 154 valence electrons. The number of nitrogens with zero attached hydrogens (tertiary/aromatic N) is 5. The quantitative estimate of drug-likeness (QED) is 0.690. The lowest BCUT2D eigenvalue weighted by Gasteiger charge is -2.39. The van der Waals surface area contributed by atoms with Gasteiger partial charge in [0.05, 0.1) is 11.6 Å². The second-order valence-corrected chi connectivity index (χ2v) is 7.58. The number of fused-ring (bicyclic) bond motifs is 1. The molecule has 0 bridgehead atoms. The minimum Gasteiger partial charge on any atom is -0.454 e. The summed E-state index contributed by atoms with van der Waals surface area (Å²) in [6.07, 6.45) is 1.54. The van der Waals surface area contributed by atoms with Crippen LogP contribution in [0.1, 0.15) is 17.0 Å². The Morgan fingerprint density at radius 1 is 1.10 bits per heavy atom. The molecular formula is C21H22N6O3. The van der Waals surface area contributed by atoms with E-state index in [9.17, 15) is 4.79 Å². The summed E-state index contributed by atoms with van der Waals surface area (Å²) in [7, 11) is 0. The maximum absolute atomic E-state index is 12.5. The maximum atomic E-state index is 12.5. The number of benzene rings is 1. The van der Waals surface area contributed by atoms with Crippen molar-refractivity contribution in [2.75, 3.05) is 24.8 Å². The minimum atomic E-state index is -0.0638. The van der Waals surface area contributed by atoms with Gasteiger partial charge >= 0.3 is 0 Å². The van der Waals surface area contributed by atoms with E-state index in [1.165, 1.54) is 6.33 Å². The van der Waals surface area contributed by atoms with Gasteiger partial charge in [0.2, 0.25) is 12.7 Å². The molecule has 9 nitrogen and oxygen atoms in total. The summed E-state index contributed by atoms with van der Waals surface area (Å²) in [6.45, 7) is 5.90. The summed E-state index contributed by atoms with van der Waals surface area (Å²) in [6, 6.07) is 9.61. The van der Waals surface area contributed by atoms with Crippen molar-refractivity contribution in [3.63, 3.8) is 0 Å². The van der Waals surface area contributed by atoms with Crippen molar-refractivity contribution in [1.82, 2.24) is 25.1 Å². The first-order chi connectivity index (χ1) is 14.6. The minimum absolute atomic E-state index is 0.0386. The number of ether oxygens (including phenoxy) is 2. The molecule has 2 aliphatic heterocycles. The topological polar surface area (TPSA) is 94.4 Å². The van der Waals surface area contributed by atoms with Crippen LogP contribution in [-0.2, 0) is 11.3 Å². The van der Waals surface area contributed by atoms with Crippen molar-refractivity contribution in [2.24, 2.45) is 5.92 Å². The predicted molar refractivity (Wildman–Crippen MR) is 109 cm³/mol. The Morgan fingerprint density at radius 3 is 2.70 bits per heavy atom. The van der Waals surface area contributed by atoms with E-state index in [0.29, 0.717) is 19.6 Å². The van der Waals surface area contributed by atoms with Gasteiger partial charge in [-0.25, -0.2) is 14.6 Å². The molecule has 1 saturated heterocycles. The molecule has 0 unspecified atom stereocenters. The Bertz CT molecular complexity index is 1110. The molecular weight excluding hydrogens is 384 g/mol. The monoisotopic (exact) mass is 406 g/mol. The highest BCUT2D eigenvalue weighted by atomic mass is 16.7. The standard InChI is InChI=1S/C21H22N6O3/c1-13-5-14(2)27(25-13)20-7-19(23-11-24-20)26-9-16(10-26)21(28)22-8-15-3-4-17-18(6-15)30-12-29-17/h3-7,11,16H,8-10,12H2,1-2H3,(H,22,28). The second kappa shape index (κ2) is 7.33. The summed E-state index contributed by atoms with van der Waals surface area (Å²) in [4.78, 5) is 23.3. The van der Waals surface area contributed by atoms with E-state index >= 15 is 0 Å². The number of carbonyl (C=O) groups excluding carboxylic acids is 1. The van der Waals surface area contributed by atoms with Gasteiger partial charge in [-0.2, -0.15) is 5.10 Å². The number of hydrogen-bond donors (Lipinski definition) is 1. The molecule has 5 rings (SSSR count). The zero-order valence-corrected chi connectivity index (χ0v) is 16.8. The lowest BCUT2D eigenvalue weighted by atomic mass is 9.99. The molecule has 2 aliphatic rings. The lowest BCUT2D eigenvalue weighted by molar-refractivity contribution is -0.125. The zero-order valence-electron chi connectivity index (χ0n) is 16.8. The fraction of sp³-hybridized carbons (Fsp3) is 0.333. The number of aryl methyl sites for hydroxylation is 2. The first-order valence-electron chi connectivity index (χ1n) is 9.84. The molecule has 2 aromatic heterocycles. The van der Waals surface area contributed by atoms with Gasteiger partial charge in [-0.05, 0) is 37.6 Å². The highest BCUT2D eigenvalue weighted by Gasteiger charge is 2.33. The van der Waals surface area contributed by atoms with Crippen molar-refractivity contribution in [3.05, 3.63) is 53.6 Å². The van der Waals surface area contributed by atoms with Gasteiger partial charge in [-0.1, -0.05) is 6.07 Å². The lowest BCUT2D eigenvalue weighted by Crippen LogP contribution is -2.54. The number of hydrogen-bond acceptors (Lipinski definition) is 7. The molecule has 0 saturated carbocycles. The summed E-state index contributed by atoms with van der Waals surface area (Å²) >= 11 is 0. The van der Waals surface area contributed by atoms with E-state index in [1.807, 2.05) is 44.2 Å². The molecule has 0 radical (unpaired) electrons. The SMILES string of the molecule is Cc1cc(C)n(-c2cc(N3CC(C(=O)NCc4ccc5c(c4)OCO5)C3)ncn2)n1. The third kappa shape index (κ3) is 3.42. The van der Waals surface area contributed by atoms with Crippen molar-refractivity contribution >= 4 is 11.7 Å². The molecule has 0 spiro atoms. The van der Waals surface area contributed by atoms with Crippen LogP contribution in [0.4, 0.5) is 5.82 Å². The van der Waals surface area contributed by atoms with Gasteiger partial charge in [-0.3, -0.25) is 4.79 Å². The Morgan fingerprint density at radius 2 is 1.90 bits per heavy atom. The summed E-state index contributed by atoms with van der Waals surface area (Å²) in [5.74, 6) is 2.96. The van der Waals surface area contributed by atoms with Crippen molar-refractivity contribution < 1.29 is 14.3 Å².